The van der Waals surface area contributed by atoms with Crippen LogP contribution in [0, 0.1) is 5.92 Å². The number of nitrogens with one attached hydrogen (secondary N) is 3. The molecule has 0 saturated carbocycles. The van der Waals surface area contributed by atoms with Gasteiger partial charge in [0.2, 0.25) is 17.7 Å². The number of carbonyl (C=O) groups excluding carboxylic acids is 3. The fourth-order valence-corrected chi connectivity index (χ4v) is 2.11. The van der Waals surface area contributed by atoms with Crippen molar-refractivity contribution in [2.45, 2.75) is 58.0 Å². The monoisotopic (exact) mass is 392 g/mol. The Morgan fingerprint density at radius 3 is 1.88 bits per heavy atom. The molecule has 26 heavy (non-hydrogen) atoms. The molecule has 10 nitrogen and oxygen atoms in total. The van der Waals surface area contributed by atoms with Gasteiger partial charge in [0.15, 0.2) is 0 Å². The maximum atomic E-state index is 12.2. The molecule has 0 fully saturated rings. The van der Waals surface area contributed by atoms with Gasteiger partial charge in [-0.1, -0.05) is 13.8 Å². The summed E-state index contributed by atoms with van der Waals surface area (Å²) in [5.74, 6) is -3.70. The molecule has 0 saturated heterocycles. The number of aliphatic carboxylic acids is 1. The van der Waals surface area contributed by atoms with Crippen molar-refractivity contribution in [3.63, 3.8) is 0 Å². The van der Waals surface area contributed by atoms with Crippen LogP contribution in [0.5, 0.6) is 0 Å². The van der Waals surface area contributed by atoms with E-state index in [2.05, 4.69) is 28.6 Å². The van der Waals surface area contributed by atoms with E-state index in [1.807, 2.05) is 0 Å². The standard InChI is InChI=1S/C15H28N4O6S/c1-6(2)11(15(24)25)19-12(21)7(3)17-13(22)9(5-26)18-14(23)10(16)8(4)20/h6-11,20,26H,5,16H2,1-4H3,(H,17,22)(H,18,23)(H,19,21)(H,24,25). The quantitative estimate of drug-likeness (QED) is 0.207. The maximum Gasteiger partial charge on any atom is 0.326 e. The minimum Gasteiger partial charge on any atom is -0.480 e. The Hall–Kier alpha value is -1.85. The van der Waals surface area contributed by atoms with E-state index in [-0.39, 0.29) is 11.7 Å². The fourth-order valence-electron chi connectivity index (χ4n) is 1.85. The van der Waals surface area contributed by atoms with E-state index >= 15 is 0 Å². The van der Waals surface area contributed by atoms with Gasteiger partial charge in [-0.2, -0.15) is 12.6 Å². The van der Waals surface area contributed by atoms with E-state index in [9.17, 15) is 24.3 Å². The number of carboxylic acids is 1. The fraction of sp³-hybridized carbons (Fsp3) is 0.733. The van der Waals surface area contributed by atoms with Crippen LogP contribution >= 0.6 is 12.6 Å². The molecule has 0 heterocycles. The number of aliphatic hydroxyl groups excluding tert-OH is 1. The van der Waals surface area contributed by atoms with E-state index in [0.717, 1.165) is 0 Å². The number of rotatable bonds is 10. The van der Waals surface area contributed by atoms with Crippen LogP contribution in [0.4, 0.5) is 0 Å². The molecule has 7 N–H and O–H groups in total. The summed E-state index contributed by atoms with van der Waals surface area (Å²) in [5, 5.41) is 25.4. The highest BCUT2D eigenvalue weighted by Gasteiger charge is 2.29. The highest BCUT2D eigenvalue weighted by atomic mass is 32.1. The normalized spacial score (nSPS) is 16.8. The minimum atomic E-state index is -1.21. The Balaban J connectivity index is 4.82. The number of amides is 3. The van der Waals surface area contributed by atoms with Crippen LogP contribution in [0.3, 0.4) is 0 Å². The van der Waals surface area contributed by atoms with Gasteiger partial charge in [-0.25, -0.2) is 4.79 Å². The topological polar surface area (TPSA) is 171 Å². The van der Waals surface area contributed by atoms with Crippen molar-refractivity contribution in [2.75, 3.05) is 5.75 Å². The van der Waals surface area contributed by atoms with Crippen LogP contribution in [-0.4, -0.2) is 69.9 Å². The highest BCUT2D eigenvalue weighted by molar-refractivity contribution is 7.80. The van der Waals surface area contributed by atoms with Crippen molar-refractivity contribution in [3.05, 3.63) is 0 Å². The maximum absolute atomic E-state index is 12.2. The van der Waals surface area contributed by atoms with Crippen molar-refractivity contribution in [1.82, 2.24) is 16.0 Å². The van der Waals surface area contributed by atoms with Gasteiger partial charge in [0.25, 0.3) is 0 Å². The molecule has 0 rings (SSSR count). The zero-order chi connectivity index (χ0) is 20.6. The number of hydrogen-bond acceptors (Lipinski definition) is 7. The van der Waals surface area contributed by atoms with Gasteiger partial charge in [0.05, 0.1) is 6.10 Å². The van der Waals surface area contributed by atoms with Crippen molar-refractivity contribution >= 4 is 36.3 Å². The smallest absolute Gasteiger partial charge is 0.326 e. The zero-order valence-corrected chi connectivity index (χ0v) is 16.1. The number of hydrogen-bond donors (Lipinski definition) is 7. The minimum absolute atomic E-state index is 0.0673. The number of aliphatic hydroxyl groups is 1. The third kappa shape index (κ3) is 7.58. The lowest BCUT2D eigenvalue weighted by Crippen LogP contribution is -2.58. The molecule has 150 valence electrons. The molecule has 0 spiro atoms. The van der Waals surface area contributed by atoms with Crippen molar-refractivity contribution in [2.24, 2.45) is 11.7 Å². The van der Waals surface area contributed by atoms with Crippen LogP contribution in [0.25, 0.3) is 0 Å². The predicted molar refractivity (Wildman–Crippen MR) is 97.4 cm³/mol. The number of carbonyl (C=O) groups is 4. The lowest BCUT2D eigenvalue weighted by molar-refractivity contribution is -0.143. The van der Waals surface area contributed by atoms with Crippen molar-refractivity contribution in [1.29, 1.82) is 0 Å². The van der Waals surface area contributed by atoms with Gasteiger partial charge in [0.1, 0.15) is 24.2 Å². The first kappa shape index (κ1) is 24.1. The number of nitrogens with two attached hydrogens (primary N) is 1. The molecular weight excluding hydrogens is 364 g/mol. The van der Waals surface area contributed by atoms with Crippen LogP contribution in [0.1, 0.15) is 27.7 Å². The second-order valence-corrected chi connectivity index (χ2v) is 6.67. The first-order valence-electron chi connectivity index (χ1n) is 8.10. The van der Waals surface area contributed by atoms with Crippen LogP contribution in [0.2, 0.25) is 0 Å². The third-order valence-electron chi connectivity index (χ3n) is 3.62. The summed E-state index contributed by atoms with van der Waals surface area (Å²) in [7, 11) is 0. The second-order valence-electron chi connectivity index (χ2n) is 6.31. The molecule has 0 aliphatic rings. The Bertz CT molecular complexity index is 528. The molecule has 11 heteroatoms. The summed E-state index contributed by atoms with van der Waals surface area (Å²) in [4.78, 5) is 47.2. The van der Waals surface area contributed by atoms with Crippen molar-refractivity contribution < 1.29 is 29.4 Å². The molecule has 5 unspecified atom stereocenters. The summed E-state index contributed by atoms with van der Waals surface area (Å²) < 4.78 is 0. The molecule has 5 atom stereocenters. The third-order valence-corrected chi connectivity index (χ3v) is 3.99. The molecule has 0 aromatic heterocycles. The van der Waals surface area contributed by atoms with E-state index in [0.29, 0.717) is 0 Å². The van der Waals surface area contributed by atoms with E-state index in [4.69, 9.17) is 10.8 Å². The summed E-state index contributed by atoms with van der Waals surface area (Å²) in [5.41, 5.74) is 5.49. The van der Waals surface area contributed by atoms with Gasteiger partial charge >= 0.3 is 5.97 Å². The molecule has 0 aliphatic carbocycles. The van der Waals surface area contributed by atoms with Gasteiger partial charge < -0.3 is 31.9 Å². The van der Waals surface area contributed by atoms with Crippen LogP contribution < -0.4 is 21.7 Å². The molecule has 3 amide bonds. The summed E-state index contributed by atoms with van der Waals surface area (Å²) in [6.07, 6.45) is -1.10. The van der Waals surface area contributed by atoms with E-state index < -0.39 is 54.0 Å². The summed E-state index contributed by atoms with van der Waals surface area (Å²) in [6.45, 7) is 5.99. The Morgan fingerprint density at radius 1 is 0.962 bits per heavy atom. The first-order valence-corrected chi connectivity index (χ1v) is 8.74. The Morgan fingerprint density at radius 2 is 1.50 bits per heavy atom. The van der Waals surface area contributed by atoms with Gasteiger partial charge in [-0.05, 0) is 19.8 Å². The average Bonchev–Trinajstić information content (AvgIpc) is 2.54. The lowest BCUT2D eigenvalue weighted by atomic mass is 10.0. The molecular formula is C15H28N4O6S. The Labute approximate surface area is 157 Å². The SMILES string of the molecule is CC(NC(=O)C(CS)NC(=O)C(N)C(C)O)C(=O)NC(C(=O)O)C(C)C. The molecule has 0 aliphatic heterocycles. The number of thiol groups is 1. The number of carboxylic acid groups (broad SMARTS) is 1. The molecule has 0 bridgehead atoms. The van der Waals surface area contributed by atoms with Gasteiger partial charge in [-0.15, -0.1) is 0 Å². The summed E-state index contributed by atoms with van der Waals surface area (Å²) >= 11 is 3.98. The zero-order valence-electron chi connectivity index (χ0n) is 15.2. The van der Waals surface area contributed by atoms with Gasteiger partial charge in [0, 0.05) is 5.75 Å². The molecule has 0 aromatic rings. The predicted octanol–water partition coefficient (Wildman–Crippen LogP) is -2.16. The van der Waals surface area contributed by atoms with E-state index in [1.54, 1.807) is 13.8 Å². The highest BCUT2D eigenvalue weighted by Crippen LogP contribution is 2.02. The second kappa shape index (κ2) is 11.0. The van der Waals surface area contributed by atoms with Crippen molar-refractivity contribution in [3.8, 4) is 0 Å². The lowest BCUT2D eigenvalue weighted by Gasteiger charge is -2.24. The van der Waals surface area contributed by atoms with Gasteiger partial charge in [-0.3, -0.25) is 14.4 Å². The van der Waals surface area contributed by atoms with Crippen LogP contribution in [0.15, 0.2) is 0 Å². The first-order chi connectivity index (χ1) is 11.9. The van der Waals surface area contributed by atoms with E-state index in [1.165, 1.54) is 13.8 Å². The Kier molecular flexibility index (Phi) is 10.2. The average molecular weight is 392 g/mol. The summed E-state index contributed by atoms with van der Waals surface area (Å²) in [6, 6.07) is -4.42. The largest absolute Gasteiger partial charge is 0.480 e. The molecule has 0 aromatic carbocycles. The van der Waals surface area contributed by atoms with Crippen LogP contribution in [-0.2, 0) is 19.2 Å². The molecule has 0 radical (unpaired) electrons.